The topological polar surface area (TPSA) is 83.0 Å². The minimum Gasteiger partial charge on any atom is -0.395 e. The molecule has 1 aromatic carbocycles. The number of aryl methyl sites for hydroxylation is 2. The van der Waals surface area contributed by atoms with E-state index in [-0.39, 0.29) is 6.61 Å². The molecule has 3 aromatic rings. The number of aromatic nitrogens is 3. The molecule has 0 bridgehead atoms. The zero-order valence-electron chi connectivity index (χ0n) is 14.6. The fourth-order valence-electron chi connectivity index (χ4n) is 2.66. The van der Waals surface area contributed by atoms with Crippen LogP contribution in [0.15, 0.2) is 47.2 Å². The summed E-state index contributed by atoms with van der Waals surface area (Å²) in [6.07, 6.45) is 3.49. The van der Waals surface area contributed by atoms with E-state index in [2.05, 4.69) is 53.6 Å². The molecule has 0 fully saturated rings. The van der Waals surface area contributed by atoms with Crippen molar-refractivity contribution >= 4 is 33.4 Å². The van der Waals surface area contributed by atoms with Gasteiger partial charge in [0.1, 0.15) is 5.82 Å². The molecule has 26 heavy (non-hydrogen) atoms. The number of aliphatic hydroxyl groups is 1. The molecule has 3 rings (SSSR count). The van der Waals surface area contributed by atoms with Crippen molar-refractivity contribution in [3.05, 3.63) is 58.3 Å². The van der Waals surface area contributed by atoms with Gasteiger partial charge in [0.25, 0.3) is 0 Å². The Labute approximate surface area is 160 Å². The summed E-state index contributed by atoms with van der Waals surface area (Å²) in [5.74, 6) is 1.13. The van der Waals surface area contributed by atoms with Gasteiger partial charge < -0.3 is 15.7 Å². The Hall–Kier alpha value is -2.51. The summed E-state index contributed by atoms with van der Waals surface area (Å²) in [7, 11) is 0. The average molecular weight is 414 g/mol. The summed E-state index contributed by atoms with van der Waals surface area (Å²) in [5, 5.41) is 15.5. The van der Waals surface area contributed by atoms with Crippen LogP contribution < -0.4 is 10.6 Å². The molecule has 2 heterocycles. The smallest absolute Gasteiger partial charge is 0.225 e. The van der Waals surface area contributed by atoms with Crippen molar-refractivity contribution in [2.75, 3.05) is 23.8 Å². The maximum Gasteiger partial charge on any atom is 0.225 e. The highest BCUT2D eigenvalue weighted by Crippen LogP contribution is 2.29. The van der Waals surface area contributed by atoms with E-state index < -0.39 is 0 Å². The van der Waals surface area contributed by atoms with Crippen molar-refractivity contribution in [3.63, 3.8) is 0 Å². The Morgan fingerprint density at radius 3 is 2.54 bits per heavy atom. The van der Waals surface area contributed by atoms with E-state index >= 15 is 0 Å². The molecule has 0 spiro atoms. The molecule has 7 heteroatoms. The van der Waals surface area contributed by atoms with Gasteiger partial charge >= 0.3 is 0 Å². The second-order valence-corrected chi connectivity index (χ2v) is 6.81. The number of anilines is 3. The van der Waals surface area contributed by atoms with E-state index in [1.54, 1.807) is 12.4 Å². The molecule has 0 unspecified atom stereocenters. The first-order valence-electron chi connectivity index (χ1n) is 8.25. The van der Waals surface area contributed by atoms with Gasteiger partial charge in [-0.15, -0.1) is 0 Å². The van der Waals surface area contributed by atoms with Crippen LogP contribution in [0.2, 0.25) is 0 Å². The number of rotatable bonds is 6. The maximum absolute atomic E-state index is 9.07. The van der Waals surface area contributed by atoms with Crippen molar-refractivity contribution in [1.82, 2.24) is 15.0 Å². The fourth-order valence-corrected chi connectivity index (χ4v) is 3.34. The van der Waals surface area contributed by atoms with Crippen LogP contribution in [0.3, 0.4) is 0 Å². The maximum atomic E-state index is 9.07. The van der Waals surface area contributed by atoms with Gasteiger partial charge in [-0.25, -0.2) is 4.98 Å². The van der Waals surface area contributed by atoms with E-state index in [4.69, 9.17) is 5.11 Å². The van der Waals surface area contributed by atoms with Gasteiger partial charge in [0.05, 0.1) is 12.3 Å². The molecule has 0 aliphatic carbocycles. The van der Waals surface area contributed by atoms with Crippen LogP contribution in [0.5, 0.6) is 0 Å². The second-order valence-electron chi connectivity index (χ2n) is 5.89. The van der Waals surface area contributed by atoms with Gasteiger partial charge in [-0.2, -0.15) is 4.98 Å². The predicted octanol–water partition coefficient (Wildman–Crippen LogP) is 4.07. The van der Waals surface area contributed by atoms with E-state index in [9.17, 15) is 0 Å². The highest BCUT2D eigenvalue weighted by Gasteiger charge is 2.10. The first kappa shape index (κ1) is 18.3. The lowest BCUT2D eigenvalue weighted by Crippen LogP contribution is -2.10. The molecule has 0 atom stereocenters. The van der Waals surface area contributed by atoms with Crippen LogP contribution in [0.1, 0.15) is 11.1 Å². The third kappa shape index (κ3) is 4.36. The number of benzene rings is 1. The molecule has 0 radical (unpaired) electrons. The minimum atomic E-state index is 0.00811. The summed E-state index contributed by atoms with van der Waals surface area (Å²) in [4.78, 5) is 13.2. The number of pyridine rings is 1. The Bertz CT molecular complexity index is 879. The first-order chi connectivity index (χ1) is 12.6. The van der Waals surface area contributed by atoms with Crippen LogP contribution in [-0.2, 0) is 0 Å². The Kier molecular flexibility index (Phi) is 5.80. The monoisotopic (exact) mass is 413 g/mol. The van der Waals surface area contributed by atoms with E-state index in [1.807, 2.05) is 32.0 Å². The number of nitrogens with one attached hydrogen (secondary N) is 2. The zero-order chi connectivity index (χ0) is 18.5. The lowest BCUT2D eigenvalue weighted by molar-refractivity contribution is 0.311. The summed E-state index contributed by atoms with van der Waals surface area (Å²) in [6, 6.07) is 9.83. The molecule has 0 aliphatic heterocycles. The van der Waals surface area contributed by atoms with Crippen LogP contribution in [0.4, 0.5) is 17.5 Å². The molecule has 2 aromatic heterocycles. The van der Waals surface area contributed by atoms with Crippen LogP contribution in [0.25, 0.3) is 11.3 Å². The summed E-state index contributed by atoms with van der Waals surface area (Å²) in [6.45, 7) is 4.49. The quantitative estimate of drug-likeness (QED) is 0.564. The second kappa shape index (κ2) is 8.25. The first-order valence-corrected chi connectivity index (χ1v) is 9.04. The van der Waals surface area contributed by atoms with Crippen molar-refractivity contribution in [1.29, 1.82) is 0 Å². The SMILES string of the molecule is Cc1cc(Br)cc(C)c1Nc1cc(-c2cccnc2)nc(NCCO)n1. The molecule has 0 saturated heterocycles. The van der Waals surface area contributed by atoms with Crippen molar-refractivity contribution in [2.45, 2.75) is 13.8 Å². The fraction of sp³-hybridized carbons (Fsp3) is 0.211. The number of aliphatic hydroxyl groups excluding tert-OH is 1. The lowest BCUT2D eigenvalue weighted by Gasteiger charge is -2.15. The van der Waals surface area contributed by atoms with Gasteiger partial charge in [0, 0.05) is 40.7 Å². The predicted molar refractivity (Wildman–Crippen MR) is 108 cm³/mol. The van der Waals surface area contributed by atoms with Crippen LogP contribution in [-0.4, -0.2) is 33.2 Å². The van der Waals surface area contributed by atoms with Crippen LogP contribution >= 0.6 is 15.9 Å². The summed E-state index contributed by atoms with van der Waals surface area (Å²) < 4.78 is 1.04. The van der Waals surface area contributed by atoms with Gasteiger partial charge in [0.2, 0.25) is 5.95 Å². The largest absolute Gasteiger partial charge is 0.395 e. The van der Waals surface area contributed by atoms with Crippen molar-refractivity contribution in [2.24, 2.45) is 0 Å². The summed E-state index contributed by atoms with van der Waals surface area (Å²) in [5.41, 5.74) is 4.89. The molecule has 3 N–H and O–H groups in total. The third-order valence-electron chi connectivity index (χ3n) is 3.83. The van der Waals surface area contributed by atoms with Crippen molar-refractivity contribution in [3.8, 4) is 11.3 Å². The summed E-state index contributed by atoms with van der Waals surface area (Å²) >= 11 is 3.52. The minimum absolute atomic E-state index is 0.00811. The number of nitrogens with zero attached hydrogens (tertiary/aromatic N) is 3. The van der Waals surface area contributed by atoms with Gasteiger partial charge in [0.15, 0.2) is 0 Å². The highest BCUT2D eigenvalue weighted by atomic mass is 79.9. The normalized spacial score (nSPS) is 10.6. The number of halogens is 1. The Morgan fingerprint density at radius 1 is 1.12 bits per heavy atom. The van der Waals surface area contributed by atoms with Gasteiger partial charge in [-0.3, -0.25) is 4.98 Å². The van der Waals surface area contributed by atoms with Gasteiger partial charge in [-0.1, -0.05) is 15.9 Å². The highest BCUT2D eigenvalue weighted by molar-refractivity contribution is 9.10. The molecule has 6 nitrogen and oxygen atoms in total. The molecular weight excluding hydrogens is 394 g/mol. The molecule has 134 valence electrons. The Morgan fingerprint density at radius 2 is 1.88 bits per heavy atom. The van der Waals surface area contributed by atoms with E-state index in [0.717, 1.165) is 32.5 Å². The van der Waals surface area contributed by atoms with Crippen LogP contribution in [0, 0.1) is 13.8 Å². The Balaban J connectivity index is 2.01. The average Bonchev–Trinajstić information content (AvgIpc) is 2.63. The zero-order valence-corrected chi connectivity index (χ0v) is 16.2. The van der Waals surface area contributed by atoms with E-state index in [1.165, 1.54) is 0 Å². The lowest BCUT2D eigenvalue weighted by atomic mass is 10.1. The number of hydrogen-bond donors (Lipinski definition) is 3. The van der Waals surface area contributed by atoms with Gasteiger partial charge in [-0.05, 0) is 49.2 Å². The number of hydrogen-bond acceptors (Lipinski definition) is 6. The van der Waals surface area contributed by atoms with E-state index in [0.29, 0.717) is 18.3 Å². The molecule has 0 amide bonds. The van der Waals surface area contributed by atoms with Crippen molar-refractivity contribution < 1.29 is 5.11 Å². The third-order valence-corrected chi connectivity index (χ3v) is 4.29. The molecule has 0 aliphatic rings. The molecular formula is C19H20BrN5O. The standard InChI is InChI=1S/C19H20BrN5O/c1-12-8-15(20)9-13(2)18(12)24-17-10-16(14-4-3-5-21-11-14)23-19(25-17)22-6-7-26/h3-5,8-11,26H,6-7H2,1-2H3,(H2,22,23,24,25). The molecule has 0 saturated carbocycles.